The third-order valence-electron chi connectivity index (χ3n) is 4.27. The Morgan fingerprint density at radius 2 is 1.75 bits per heavy atom. The maximum Gasteiger partial charge on any atom is 0.238 e. The minimum atomic E-state index is -3.66. The molecule has 2 aromatic carbocycles. The number of hydrogen-bond donors (Lipinski definition) is 3. The molecular formula is C20H23N5O2S. The van der Waals surface area contributed by atoms with E-state index < -0.39 is 10.0 Å². The van der Waals surface area contributed by atoms with E-state index in [2.05, 4.69) is 39.7 Å². The smallest absolute Gasteiger partial charge is 0.238 e. The molecule has 1 heterocycles. The summed E-state index contributed by atoms with van der Waals surface area (Å²) >= 11 is 0. The lowest BCUT2D eigenvalue weighted by atomic mass is 10.1. The summed E-state index contributed by atoms with van der Waals surface area (Å²) in [6.45, 7) is 2.71. The molecule has 3 aromatic rings. The fraction of sp³-hybridized carbons (Fsp3) is 0.200. The molecule has 8 heteroatoms. The number of nitrogens with zero attached hydrogens (tertiary/aromatic N) is 2. The maximum atomic E-state index is 11.3. The van der Waals surface area contributed by atoms with Crippen molar-refractivity contribution in [3.63, 3.8) is 0 Å². The van der Waals surface area contributed by atoms with Crippen LogP contribution in [0.15, 0.2) is 71.8 Å². The van der Waals surface area contributed by atoms with Gasteiger partial charge in [-0.15, -0.1) is 0 Å². The largest absolute Gasteiger partial charge is 0.370 e. The molecule has 0 saturated carbocycles. The first-order chi connectivity index (χ1) is 13.4. The van der Waals surface area contributed by atoms with Gasteiger partial charge in [0.15, 0.2) is 0 Å². The van der Waals surface area contributed by atoms with Gasteiger partial charge in [0, 0.05) is 12.7 Å². The van der Waals surface area contributed by atoms with Gasteiger partial charge in [-0.1, -0.05) is 42.5 Å². The molecule has 0 aliphatic rings. The van der Waals surface area contributed by atoms with Crippen molar-refractivity contribution in [1.29, 1.82) is 0 Å². The van der Waals surface area contributed by atoms with Crippen LogP contribution in [0.5, 0.6) is 0 Å². The van der Waals surface area contributed by atoms with Gasteiger partial charge in [-0.25, -0.2) is 18.5 Å². The lowest BCUT2D eigenvalue weighted by molar-refractivity contribution is 0.598. The maximum absolute atomic E-state index is 11.3. The summed E-state index contributed by atoms with van der Waals surface area (Å²) in [5, 5.41) is 11.7. The summed E-state index contributed by atoms with van der Waals surface area (Å²) in [6, 6.07) is 18.6. The molecule has 0 saturated heterocycles. The molecular weight excluding hydrogens is 374 g/mol. The van der Waals surface area contributed by atoms with E-state index in [-0.39, 0.29) is 10.9 Å². The summed E-state index contributed by atoms with van der Waals surface area (Å²) in [7, 11) is -3.66. The zero-order valence-corrected chi connectivity index (χ0v) is 16.4. The number of rotatable bonds is 8. The number of aromatic nitrogens is 2. The molecule has 0 fully saturated rings. The summed E-state index contributed by atoms with van der Waals surface area (Å²) in [5.41, 5.74) is 2.16. The highest BCUT2D eigenvalue weighted by atomic mass is 32.2. The van der Waals surface area contributed by atoms with E-state index in [9.17, 15) is 8.42 Å². The van der Waals surface area contributed by atoms with Crippen LogP contribution < -0.4 is 15.8 Å². The quantitative estimate of drug-likeness (QED) is 0.539. The molecule has 0 amide bonds. The lowest BCUT2D eigenvalue weighted by Crippen LogP contribution is -2.12. The number of sulfonamides is 1. The van der Waals surface area contributed by atoms with Gasteiger partial charge >= 0.3 is 0 Å². The van der Waals surface area contributed by atoms with Crippen molar-refractivity contribution in [3.8, 4) is 0 Å². The minimum absolute atomic E-state index is 0.0915. The van der Waals surface area contributed by atoms with E-state index in [1.165, 1.54) is 12.1 Å². The fourth-order valence-electron chi connectivity index (χ4n) is 2.73. The van der Waals surface area contributed by atoms with Crippen LogP contribution in [0.4, 0.5) is 11.8 Å². The second kappa shape index (κ2) is 8.81. The predicted molar refractivity (Wildman–Crippen MR) is 111 cm³/mol. The lowest BCUT2D eigenvalue weighted by Gasteiger charge is -2.14. The van der Waals surface area contributed by atoms with E-state index in [4.69, 9.17) is 5.14 Å². The summed E-state index contributed by atoms with van der Waals surface area (Å²) in [6.07, 6.45) is 2.42. The monoisotopic (exact) mass is 397 g/mol. The van der Waals surface area contributed by atoms with Crippen LogP contribution in [0.2, 0.25) is 0 Å². The first kappa shape index (κ1) is 19.8. The molecule has 1 atom stereocenters. The Bertz CT molecular complexity index is 1010. The molecule has 0 spiro atoms. The Morgan fingerprint density at radius 1 is 1.04 bits per heavy atom. The Hall–Kier alpha value is -2.97. The molecule has 146 valence electrons. The third kappa shape index (κ3) is 5.51. The van der Waals surface area contributed by atoms with Crippen molar-refractivity contribution < 1.29 is 8.42 Å². The SMILES string of the molecule is CC(Nc1nccc(NCCc2ccc(S(N)(=O)=O)cc2)n1)c1ccccc1. The molecule has 4 N–H and O–H groups in total. The van der Waals surface area contributed by atoms with Crippen LogP contribution in [0.3, 0.4) is 0 Å². The predicted octanol–water partition coefficient (Wildman–Crippen LogP) is 2.95. The van der Waals surface area contributed by atoms with Gasteiger partial charge in [0.1, 0.15) is 5.82 Å². The summed E-state index contributed by atoms with van der Waals surface area (Å²) in [4.78, 5) is 8.87. The normalized spacial score (nSPS) is 12.4. The first-order valence-corrected chi connectivity index (χ1v) is 10.5. The number of primary sulfonamides is 1. The van der Waals surface area contributed by atoms with Gasteiger partial charge in [0.2, 0.25) is 16.0 Å². The minimum Gasteiger partial charge on any atom is -0.370 e. The topological polar surface area (TPSA) is 110 Å². The third-order valence-corrected chi connectivity index (χ3v) is 5.20. The molecule has 0 radical (unpaired) electrons. The van der Waals surface area contributed by atoms with Gasteiger partial charge < -0.3 is 10.6 Å². The van der Waals surface area contributed by atoms with Crippen molar-refractivity contribution in [1.82, 2.24) is 9.97 Å². The molecule has 3 rings (SSSR count). The van der Waals surface area contributed by atoms with Crippen molar-refractivity contribution >= 4 is 21.8 Å². The van der Waals surface area contributed by atoms with Crippen molar-refractivity contribution in [3.05, 3.63) is 78.0 Å². The van der Waals surface area contributed by atoms with E-state index in [0.29, 0.717) is 12.5 Å². The van der Waals surface area contributed by atoms with Crippen LogP contribution in [0, 0.1) is 0 Å². The standard InChI is InChI=1S/C20H23N5O2S/c1-15(17-5-3-2-4-6-17)24-20-23-14-12-19(25-20)22-13-11-16-7-9-18(10-8-16)28(21,26)27/h2-10,12,14-15H,11,13H2,1H3,(H2,21,26,27)(H2,22,23,24,25). The van der Waals surface area contributed by atoms with Crippen molar-refractivity contribution in [2.45, 2.75) is 24.3 Å². The van der Waals surface area contributed by atoms with Gasteiger partial charge in [0.05, 0.1) is 10.9 Å². The average molecular weight is 398 g/mol. The molecule has 1 aromatic heterocycles. The number of anilines is 2. The van der Waals surface area contributed by atoms with E-state index >= 15 is 0 Å². The Labute approximate surface area is 165 Å². The fourth-order valence-corrected chi connectivity index (χ4v) is 3.24. The van der Waals surface area contributed by atoms with Gasteiger partial charge in [-0.2, -0.15) is 4.98 Å². The highest BCUT2D eigenvalue weighted by Gasteiger charge is 2.08. The second-order valence-corrected chi connectivity index (χ2v) is 7.97. The van der Waals surface area contributed by atoms with Crippen LogP contribution in [-0.2, 0) is 16.4 Å². The van der Waals surface area contributed by atoms with Crippen LogP contribution in [-0.4, -0.2) is 24.9 Å². The zero-order chi connectivity index (χ0) is 20.0. The second-order valence-electron chi connectivity index (χ2n) is 6.41. The van der Waals surface area contributed by atoms with Crippen LogP contribution in [0.25, 0.3) is 0 Å². The van der Waals surface area contributed by atoms with Gasteiger partial charge in [-0.3, -0.25) is 0 Å². The zero-order valence-electron chi connectivity index (χ0n) is 15.5. The number of nitrogens with two attached hydrogens (primary N) is 1. The van der Waals surface area contributed by atoms with E-state index in [1.54, 1.807) is 18.3 Å². The molecule has 1 unspecified atom stereocenters. The average Bonchev–Trinajstić information content (AvgIpc) is 2.69. The summed E-state index contributed by atoms with van der Waals surface area (Å²) in [5.74, 6) is 1.28. The number of benzene rings is 2. The Kier molecular flexibility index (Phi) is 6.23. The Morgan fingerprint density at radius 3 is 2.43 bits per heavy atom. The molecule has 28 heavy (non-hydrogen) atoms. The van der Waals surface area contributed by atoms with E-state index in [1.807, 2.05) is 24.3 Å². The number of nitrogens with one attached hydrogen (secondary N) is 2. The van der Waals surface area contributed by atoms with Crippen LogP contribution in [0.1, 0.15) is 24.1 Å². The van der Waals surface area contributed by atoms with Gasteiger partial charge in [-0.05, 0) is 42.7 Å². The molecule has 0 aliphatic heterocycles. The highest BCUT2D eigenvalue weighted by molar-refractivity contribution is 7.89. The Balaban J connectivity index is 1.55. The van der Waals surface area contributed by atoms with Gasteiger partial charge in [0.25, 0.3) is 0 Å². The van der Waals surface area contributed by atoms with E-state index in [0.717, 1.165) is 23.4 Å². The van der Waals surface area contributed by atoms with Crippen molar-refractivity contribution in [2.75, 3.05) is 17.2 Å². The van der Waals surface area contributed by atoms with Crippen molar-refractivity contribution in [2.24, 2.45) is 5.14 Å². The summed E-state index contributed by atoms with van der Waals surface area (Å²) < 4.78 is 22.6. The first-order valence-electron chi connectivity index (χ1n) is 8.92. The molecule has 0 aliphatic carbocycles. The number of hydrogen-bond acceptors (Lipinski definition) is 6. The van der Waals surface area contributed by atoms with Crippen LogP contribution >= 0.6 is 0 Å². The molecule has 0 bridgehead atoms. The highest BCUT2D eigenvalue weighted by Crippen LogP contribution is 2.17. The molecule has 7 nitrogen and oxygen atoms in total.